The van der Waals surface area contributed by atoms with Crippen molar-refractivity contribution in [3.05, 3.63) is 101 Å². The van der Waals surface area contributed by atoms with Gasteiger partial charge in [-0.05, 0) is 37.3 Å². The van der Waals surface area contributed by atoms with Crippen LogP contribution in [0.25, 0.3) is 0 Å². The lowest BCUT2D eigenvalue weighted by atomic mass is 9.99. The third-order valence-corrected chi connectivity index (χ3v) is 5.23. The van der Waals surface area contributed by atoms with Crippen LogP contribution < -0.4 is 15.5 Å². The highest BCUT2D eigenvalue weighted by molar-refractivity contribution is 5.98. The van der Waals surface area contributed by atoms with Crippen LogP contribution in [0.15, 0.2) is 78.9 Å². The van der Waals surface area contributed by atoms with Crippen molar-refractivity contribution in [1.29, 1.82) is 0 Å². The molecule has 1 fully saturated rings. The first-order chi connectivity index (χ1) is 15.0. The highest BCUT2D eigenvalue weighted by atomic mass is 16.5. The zero-order chi connectivity index (χ0) is 21.8. The number of hydrogen-bond acceptors (Lipinski definition) is 3. The Kier molecular flexibility index (Phi) is 5.80. The molecule has 3 aromatic rings. The number of benzene rings is 3. The van der Waals surface area contributed by atoms with E-state index in [1.54, 1.807) is 23.9 Å². The quantitative estimate of drug-likeness (QED) is 0.631. The monoisotopic (exact) mass is 414 g/mol. The molecule has 1 aliphatic heterocycles. The number of hydrazone groups is 1. The Balaban J connectivity index is 1.69. The number of aryl methyl sites for hydroxylation is 1. The molecule has 0 bridgehead atoms. The van der Waals surface area contributed by atoms with Crippen molar-refractivity contribution in [2.75, 3.05) is 7.11 Å². The van der Waals surface area contributed by atoms with Crippen LogP contribution in [-0.4, -0.2) is 35.9 Å². The first-order valence-corrected chi connectivity index (χ1v) is 10.1. The summed E-state index contributed by atoms with van der Waals surface area (Å²) < 4.78 is 7.05. The topological polar surface area (TPSA) is 70.4 Å². The van der Waals surface area contributed by atoms with Crippen LogP contribution in [0.3, 0.4) is 0 Å². The molecule has 6 heteroatoms. The molecule has 0 radical (unpaired) electrons. The minimum Gasteiger partial charge on any atom is -0.497 e. The lowest BCUT2D eigenvalue weighted by molar-refractivity contribution is -0.596. The zero-order valence-corrected chi connectivity index (χ0v) is 17.4. The van der Waals surface area contributed by atoms with E-state index in [1.807, 2.05) is 79.9 Å². The molecular weight excluding hydrogens is 390 g/mol. The Morgan fingerprint density at radius 1 is 1.03 bits per heavy atom. The average molecular weight is 414 g/mol. The number of amides is 2. The number of methoxy groups -OCH3 is 1. The molecule has 0 aliphatic carbocycles. The van der Waals surface area contributed by atoms with Crippen LogP contribution in [0.4, 0.5) is 0 Å². The first-order valence-electron chi connectivity index (χ1n) is 10.1. The number of nitrogens with one attached hydrogen (secondary N) is 2. The molecule has 4 rings (SSSR count). The fourth-order valence-electron chi connectivity index (χ4n) is 3.72. The molecule has 1 heterocycles. The van der Waals surface area contributed by atoms with Crippen LogP contribution in [0.5, 0.6) is 5.75 Å². The van der Waals surface area contributed by atoms with Gasteiger partial charge in [0.05, 0.1) is 7.11 Å². The van der Waals surface area contributed by atoms with Gasteiger partial charge in [-0.25, -0.2) is 0 Å². The molecule has 156 valence electrons. The van der Waals surface area contributed by atoms with Crippen molar-refractivity contribution in [2.24, 2.45) is 0 Å². The molecule has 2 atom stereocenters. The summed E-state index contributed by atoms with van der Waals surface area (Å²) >= 11 is 0. The van der Waals surface area contributed by atoms with Crippen LogP contribution in [0, 0.1) is 6.92 Å². The summed E-state index contributed by atoms with van der Waals surface area (Å²) in [6.45, 7) is 1.93. The number of nitrogens with zero attached hydrogens (tertiary/aromatic N) is 1. The van der Waals surface area contributed by atoms with Gasteiger partial charge in [0.2, 0.25) is 12.3 Å². The molecule has 6 nitrogen and oxygen atoms in total. The number of carbonyl (C=O) groups excluding carboxylic acids is 2. The van der Waals surface area contributed by atoms with Gasteiger partial charge in [0.15, 0.2) is 6.04 Å². The fraction of sp³-hybridized carbons (Fsp3) is 0.160. The second-order valence-electron chi connectivity index (χ2n) is 7.47. The summed E-state index contributed by atoms with van der Waals surface area (Å²) in [6, 6.07) is 23.4. The maximum Gasteiger partial charge on any atom is 0.304 e. The van der Waals surface area contributed by atoms with E-state index in [9.17, 15) is 9.59 Å². The maximum atomic E-state index is 12.9. The zero-order valence-electron chi connectivity index (χ0n) is 17.4. The second-order valence-corrected chi connectivity index (χ2v) is 7.47. The lowest BCUT2D eigenvalue weighted by Gasteiger charge is -2.15. The van der Waals surface area contributed by atoms with Crippen molar-refractivity contribution in [3.8, 4) is 5.75 Å². The van der Waals surface area contributed by atoms with Crippen molar-refractivity contribution >= 4 is 18.0 Å². The van der Waals surface area contributed by atoms with Gasteiger partial charge in [0.25, 0.3) is 5.91 Å². The van der Waals surface area contributed by atoms with Gasteiger partial charge in [-0.1, -0.05) is 54.1 Å². The van der Waals surface area contributed by atoms with Gasteiger partial charge in [0.1, 0.15) is 5.75 Å². The standard InChI is InChI=1S/C25H23N3O3/c1-17-8-6-12-20(14-17)24(29)26-22-23(19-10-4-3-5-11-19)28(27-25(22)30)16-18-9-7-13-21(15-18)31-2/h3-16,22-23H,1-2H3,(H-,26,27,29,30)/p+1/b28-16-/t22-,23-/m1/s1. The Morgan fingerprint density at radius 3 is 2.55 bits per heavy atom. The molecule has 1 saturated heterocycles. The number of hydrogen-bond donors (Lipinski definition) is 2. The Bertz CT molecular complexity index is 1140. The van der Waals surface area contributed by atoms with Crippen molar-refractivity contribution in [1.82, 2.24) is 10.7 Å². The van der Waals surface area contributed by atoms with Gasteiger partial charge in [-0.2, -0.15) is 0 Å². The predicted molar refractivity (Wildman–Crippen MR) is 118 cm³/mol. The lowest BCUT2D eigenvalue weighted by Crippen LogP contribution is -2.42. The molecule has 2 amide bonds. The van der Waals surface area contributed by atoms with Crippen LogP contribution >= 0.6 is 0 Å². The largest absolute Gasteiger partial charge is 0.497 e. The molecule has 1 aliphatic rings. The van der Waals surface area contributed by atoms with Gasteiger partial charge in [-0.3, -0.25) is 9.59 Å². The molecule has 0 unspecified atom stereocenters. The third-order valence-electron chi connectivity index (χ3n) is 5.23. The minimum atomic E-state index is -0.753. The van der Waals surface area contributed by atoms with E-state index in [4.69, 9.17) is 4.74 Å². The number of rotatable bonds is 5. The minimum absolute atomic E-state index is 0.269. The van der Waals surface area contributed by atoms with Crippen molar-refractivity contribution < 1.29 is 19.0 Å². The summed E-state index contributed by atoms with van der Waals surface area (Å²) in [4.78, 5) is 25.8. The fourth-order valence-corrected chi connectivity index (χ4v) is 3.72. The Morgan fingerprint density at radius 2 is 1.81 bits per heavy atom. The van der Waals surface area contributed by atoms with Crippen molar-refractivity contribution in [3.63, 3.8) is 0 Å². The number of carbonyl (C=O) groups is 2. The van der Waals surface area contributed by atoms with E-state index in [2.05, 4.69) is 10.7 Å². The molecule has 0 aromatic heterocycles. The molecule has 0 saturated carbocycles. The predicted octanol–water partition coefficient (Wildman–Crippen LogP) is 3.02. The molecule has 0 spiro atoms. The van der Waals surface area contributed by atoms with Gasteiger partial charge in [0, 0.05) is 16.7 Å². The number of ether oxygens (including phenoxy) is 1. The van der Waals surface area contributed by atoms with E-state index < -0.39 is 12.1 Å². The van der Waals surface area contributed by atoms with E-state index in [0.29, 0.717) is 5.56 Å². The van der Waals surface area contributed by atoms with Crippen LogP contribution in [0.1, 0.15) is 33.1 Å². The Labute approximate surface area is 181 Å². The molecular formula is C25H24N3O3+. The molecule has 31 heavy (non-hydrogen) atoms. The summed E-state index contributed by atoms with van der Waals surface area (Å²) in [5, 5.41) is 2.92. The van der Waals surface area contributed by atoms with Gasteiger partial charge < -0.3 is 10.1 Å². The molecule has 2 N–H and O–H groups in total. The van der Waals surface area contributed by atoms with Crippen LogP contribution in [-0.2, 0) is 4.79 Å². The maximum absolute atomic E-state index is 12.9. The van der Waals surface area contributed by atoms with E-state index in [1.165, 1.54) is 0 Å². The van der Waals surface area contributed by atoms with E-state index in [-0.39, 0.29) is 11.8 Å². The summed E-state index contributed by atoms with van der Waals surface area (Å²) in [5.74, 6) is 0.168. The van der Waals surface area contributed by atoms with E-state index >= 15 is 0 Å². The van der Waals surface area contributed by atoms with E-state index in [0.717, 1.165) is 22.4 Å². The van der Waals surface area contributed by atoms with Gasteiger partial charge in [-0.15, -0.1) is 10.1 Å². The highest BCUT2D eigenvalue weighted by Crippen LogP contribution is 2.25. The molecule has 3 aromatic carbocycles. The SMILES string of the molecule is COc1cccc(/C=[N+]2\NC(=O)[C@H](NC(=O)c3cccc(C)c3)[C@H]2c2ccccc2)c1. The van der Waals surface area contributed by atoms with Gasteiger partial charge >= 0.3 is 5.91 Å². The first kappa shape index (κ1) is 20.3. The Hall–Kier alpha value is -3.93. The summed E-state index contributed by atoms with van der Waals surface area (Å²) in [7, 11) is 1.61. The highest BCUT2D eigenvalue weighted by Gasteiger charge is 2.47. The van der Waals surface area contributed by atoms with Crippen molar-refractivity contribution in [2.45, 2.75) is 19.0 Å². The third kappa shape index (κ3) is 4.48. The summed E-state index contributed by atoms with van der Waals surface area (Å²) in [6.07, 6.45) is 1.84. The average Bonchev–Trinajstić information content (AvgIpc) is 3.08. The number of hydrazine groups is 1. The second kappa shape index (κ2) is 8.83. The van der Waals surface area contributed by atoms with Crippen LogP contribution in [0.2, 0.25) is 0 Å². The smallest absolute Gasteiger partial charge is 0.304 e. The normalized spacial score (nSPS) is 19.2. The summed E-state index contributed by atoms with van der Waals surface area (Å²) in [5.41, 5.74) is 6.17.